The number of carbonyl (C=O) groups is 1. The molecule has 1 saturated heterocycles. The van der Waals surface area contributed by atoms with E-state index in [2.05, 4.69) is 10.2 Å². The molecule has 0 aromatic carbocycles. The average molecular weight is 238 g/mol. The molecule has 1 spiro atoms. The van der Waals surface area contributed by atoms with Crippen molar-refractivity contribution in [3.8, 4) is 0 Å². The van der Waals surface area contributed by atoms with Crippen LogP contribution in [-0.4, -0.2) is 36.0 Å². The lowest BCUT2D eigenvalue weighted by atomic mass is 9.63. The van der Waals surface area contributed by atoms with Crippen molar-refractivity contribution < 1.29 is 4.79 Å². The molecule has 1 aliphatic carbocycles. The number of carbonyl (C=O) groups excluding carboxylic acids is 1. The van der Waals surface area contributed by atoms with Crippen molar-refractivity contribution in [1.82, 2.24) is 10.2 Å². The van der Waals surface area contributed by atoms with E-state index in [4.69, 9.17) is 0 Å². The third-order valence-corrected chi connectivity index (χ3v) is 4.21. The summed E-state index contributed by atoms with van der Waals surface area (Å²) < 4.78 is 0. The van der Waals surface area contributed by atoms with Gasteiger partial charge in [-0.25, -0.2) is 0 Å². The van der Waals surface area contributed by atoms with Gasteiger partial charge in [0.15, 0.2) is 0 Å². The Hall–Kier alpha value is -0.570. The Morgan fingerprint density at radius 1 is 1.18 bits per heavy atom. The number of rotatable bonds is 2. The predicted molar refractivity (Wildman–Crippen MR) is 69.9 cm³/mol. The van der Waals surface area contributed by atoms with Crippen molar-refractivity contribution in [2.45, 2.75) is 58.4 Å². The zero-order valence-electron chi connectivity index (χ0n) is 11.5. The van der Waals surface area contributed by atoms with Crippen molar-refractivity contribution in [2.24, 2.45) is 5.41 Å². The summed E-state index contributed by atoms with van der Waals surface area (Å²) in [5.74, 6) is 0.169. The standard InChI is InChI=1S/C14H26N2O/c1-13(2,3)15-12(17)11-16-9-7-14(8-10-16)5-4-6-14/h4-11H2,1-3H3,(H,15,17). The van der Waals surface area contributed by atoms with Gasteiger partial charge in [-0.1, -0.05) is 6.42 Å². The van der Waals surface area contributed by atoms with Gasteiger partial charge >= 0.3 is 0 Å². The monoisotopic (exact) mass is 238 g/mol. The molecule has 0 unspecified atom stereocenters. The average Bonchev–Trinajstić information content (AvgIpc) is 2.13. The Labute approximate surface area is 105 Å². The maximum absolute atomic E-state index is 11.8. The summed E-state index contributed by atoms with van der Waals surface area (Å²) in [6.45, 7) is 8.89. The quantitative estimate of drug-likeness (QED) is 0.799. The number of hydrogen-bond donors (Lipinski definition) is 1. The highest BCUT2D eigenvalue weighted by molar-refractivity contribution is 5.78. The van der Waals surface area contributed by atoms with Crippen LogP contribution in [0, 0.1) is 5.41 Å². The second-order valence-electron chi connectivity index (χ2n) is 6.93. The maximum atomic E-state index is 11.8. The van der Waals surface area contributed by atoms with Crippen LogP contribution in [0.2, 0.25) is 0 Å². The second kappa shape index (κ2) is 4.60. The second-order valence-corrected chi connectivity index (χ2v) is 6.93. The summed E-state index contributed by atoms with van der Waals surface area (Å²) in [6.07, 6.45) is 6.88. The minimum atomic E-state index is -0.109. The van der Waals surface area contributed by atoms with Gasteiger partial charge in [-0.05, 0) is 65.0 Å². The summed E-state index contributed by atoms with van der Waals surface area (Å²) in [5.41, 5.74) is 0.569. The summed E-state index contributed by atoms with van der Waals surface area (Å²) in [6, 6.07) is 0. The number of hydrogen-bond acceptors (Lipinski definition) is 2. The molecule has 2 fully saturated rings. The summed E-state index contributed by atoms with van der Waals surface area (Å²) in [5, 5.41) is 3.03. The van der Waals surface area contributed by atoms with E-state index in [1.54, 1.807) is 0 Å². The normalized spacial score (nSPS) is 24.4. The van der Waals surface area contributed by atoms with Gasteiger partial charge in [0.05, 0.1) is 6.54 Å². The molecular weight excluding hydrogens is 212 g/mol. The van der Waals surface area contributed by atoms with Gasteiger partial charge in [-0.15, -0.1) is 0 Å². The third kappa shape index (κ3) is 3.44. The zero-order chi connectivity index (χ0) is 12.5. The van der Waals surface area contributed by atoms with Crippen LogP contribution in [0.1, 0.15) is 52.9 Å². The molecule has 1 N–H and O–H groups in total. The number of likely N-dealkylation sites (tertiary alicyclic amines) is 1. The van der Waals surface area contributed by atoms with Gasteiger partial charge in [0.25, 0.3) is 0 Å². The number of nitrogens with zero attached hydrogens (tertiary/aromatic N) is 1. The Morgan fingerprint density at radius 2 is 1.76 bits per heavy atom. The Balaban J connectivity index is 1.72. The maximum Gasteiger partial charge on any atom is 0.234 e. The number of piperidine rings is 1. The van der Waals surface area contributed by atoms with Crippen LogP contribution in [0.15, 0.2) is 0 Å². The lowest BCUT2D eigenvalue weighted by Crippen LogP contribution is -2.49. The fourth-order valence-electron chi connectivity index (χ4n) is 3.02. The Kier molecular flexibility index (Phi) is 3.48. The zero-order valence-corrected chi connectivity index (χ0v) is 11.5. The molecule has 2 rings (SSSR count). The van der Waals surface area contributed by atoms with Crippen LogP contribution in [0.5, 0.6) is 0 Å². The Morgan fingerprint density at radius 3 is 2.18 bits per heavy atom. The van der Waals surface area contributed by atoms with E-state index >= 15 is 0 Å². The first-order valence-corrected chi connectivity index (χ1v) is 6.92. The van der Waals surface area contributed by atoms with E-state index < -0.39 is 0 Å². The first-order chi connectivity index (χ1) is 7.89. The van der Waals surface area contributed by atoms with Crippen LogP contribution in [0.25, 0.3) is 0 Å². The highest BCUT2D eigenvalue weighted by atomic mass is 16.2. The summed E-state index contributed by atoms with van der Waals surface area (Å²) >= 11 is 0. The van der Waals surface area contributed by atoms with Crippen molar-refractivity contribution in [2.75, 3.05) is 19.6 Å². The van der Waals surface area contributed by atoms with E-state index in [0.29, 0.717) is 12.0 Å². The largest absolute Gasteiger partial charge is 0.350 e. The number of amides is 1. The SMILES string of the molecule is CC(C)(C)NC(=O)CN1CCC2(CCC2)CC1. The Bertz CT molecular complexity index is 279. The minimum absolute atomic E-state index is 0.109. The smallest absolute Gasteiger partial charge is 0.234 e. The molecule has 0 atom stereocenters. The minimum Gasteiger partial charge on any atom is -0.350 e. The molecule has 1 aliphatic heterocycles. The van der Waals surface area contributed by atoms with Crippen LogP contribution >= 0.6 is 0 Å². The topological polar surface area (TPSA) is 32.3 Å². The molecule has 3 nitrogen and oxygen atoms in total. The fourth-order valence-corrected chi connectivity index (χ4v) is 3.02. The van der Waals surface area contributed by atoms with Gasteiger partial charge < -0.3 is 5.32 Å². The fraction of sp³-hybridized carbons (Fsp3) is 0.929. The molecule has 1 saturated carbocycles. The molecule has 1 amide bonds. The van der Waals surface area contributed by atoms with E-state index in [1.165, 1.54) is 32.1 Å². The van der Waals surface area contributed by atoms with Crippen molar-refractivity contribution >= 4 is 5.91 Å². The van der Waals surface area contributed by atoms with E-state index in [9.17, 15) is 4.79 Å². The molecule has 98 valence electrons. The summed E-state index contributed by atoms with van der Waals surface area (Å²) in [7, 11) is 0. The molecule has 0 aromatic heterocycles. The highest BCUT2D eigenvalue weighted by Gasteiger charge is 2.39. The number of nitrogens with one attached hydrogen (secondary N) is 1. The van der Waals surface area contributed by atoms with E-state index in [0.717, 1.165) is 13.1 Å². The third-order valence-electron chi connectivity index (χ3n) is 4.21. The lowest BCUT2D eigenvalue weighted by molar-refractivity contribution is -0.124. The van der Waals surface area contributed by atoms with Crippen LogP contribution < -0.4 is 5.32 Å². The van der Waals surface area contributed by atoms with Crippen molar-refractivity contribution in [1.29, 1.82) is 0 Å². The molecule has 0 aromatic rings. The molecule has 1 heterocycles. The first-order valence-electron chi connectivity index (χ1n) is 6.92. The lowest BCUT2D eigenvalue weighted by Gasteiger charge is -2.48. The van der Waals surface area contributed by atoms with Gasteiger partial charge in [0.1, 0.15) is 0 Å². The van der Waals surface area contributed by atoms with Gasteiger partial charge in [-0.2, -0.15) is 0 Å². The molecule has 17 heavy (non-hydrogen) atoms. The van der Waals surface area contributed by atoms with E-state index in [-0.39, 0.29) is 11.4 Å². The van der Waals surface area contributed by atoms with Crippen molar-refractivity contribution in [3.63, 3.8) is 0 Å². The van der Waals surface area contributed by atoms with Gasteiger partial charge in [-0.3, -0.25) is 9.69 Å². The van der Waals surface area contributed by atoms with E-state index in [1.807, 2.05) is 20.8 Å². The van der Waals surface area contributed by atoms with Crippen LogP contribution in [0.3, 0.4) is 0 Å². The van der Waals surface area contributed by atoms with Gasteiger partial charge in [0.2, 0.25) is 5.91 Å². The summed E-state index contributed by atoms with van der Waals surface area (Å²) in [4.78, 5) is 14.1. The predicted octanol–water partition coefficient (Wildman–Crippen LogP) is 2.17. The molecular formula is C14H26N2O. The van der Waals surface area contributed by atoms with Gasteiger partial charge in [0, 0.05) is 5.54 Å². The van der Waals surface area contributed by atoms with Crippen LogP contribution in [-0.2, 0) is 4.79 Å². The van der Waals surface area contributed by atoms with Crippen molar-refractivity contribution in [3.05, 3.63) is 0 Å². The molecule has 0 bridgehead atoms. The molecule has 0 radical (unpaired) electrons. The molecule has 2 aliphatic rings. The highest BCUT2D eigenvalue weighted by Crippen LogP contribution is 2.48. The first kappa shape index (κ1) is 12.9. The molecule has 3 heteroatoms. The van der Waals surface area contributed by atoms with Crippen LogP contribution in [0.4, 0.5) is 0 Å².